The maximum atomic E-state index is 13.4. The van der Waals surface area contributed by atoms with Crippen molar-refractivity contribution < 1.29 is 9.59 Å². The van der Waals surface area contributed by atoms with Crippen molar-refractivity contribution in [2.24, 2.45) is 5.92 Å². The maximum absolute atomic E-state index is 13.4. The van der Waals surface area contributed by atoms with Crippen LogP contribution in [-0.2, 0) is 6.54 Å². The highest BCUT2D eigenvalue weighted by molar-refractivity contribution is 6.02. The number of rotatable bonds is 7. The van der Waals surface area contributed by atoms with Crippen molar-refractivity contribution in [3.8, 4) is 0 Å². The molecule has 2 aromatic heterocycles. The standard InChI is InChI=1S/C23H28N4O2/c1-16(2)14-24-22(28)21-25-20(19-12-8-9-13-26(19)21)23(29)27(17(3)4)15-18-10-6-5-7-11-18/h5-13,16-17H,14-15H2,1-4H3,(H,24,28). The predicted octanol–water partition coefficient (Wildman–Crippen LogP) is 3.77. The molecular formula is C23H28N4O2. The monoisotopic (exact) mass is 392 g/mol. The van der Waals surface area contributed by atoms with Crippen LogP contribution in [0.4, 0.5) is 0 Å². The van der Waals surface area contributed by atoms with Crippen molar-refractivity contribution >= 4 is 17.3 Å². The average molecular weight is 393 g/mol. The predicted molar refractivity (Wildman–Crippen MR) is 114 cm³/mol. The molecule has 0 aliphatic rings. The molecule has 6 nitrogen and oxygen atoms in total. The number of pyridine rings is 1. The third-order valence-corrected chi connectivity index (χ3v) is 4.70. The molecule has 1 aromatic carbocycles. The lowest BCUT2D eigenvalue weighted by molar-refractivity contribution is 0.0687. The molecule has 0 aliphatic carbocycles. The number of carbonyl (C=O) groups excluding carboxylic acids is 2. The number of amides is 2. The van der Waals surface area contributed by atoms with E-state index in [9.17, 15) is 9.59 Å². The van der Waals surface area contributed by atoms with Crippen LogP contribution < -0.4 is 5.32 Å². The summed E-state index contributed by atoms with van der Waals surface area (Å²) in [5, 5.41) is 2.89. The van der Waals surface area contributed by atoms with E-state index in [-0.39, 0.29) is 23.7 Å². The van der Waals surface area contributed by atoms with Crippen LogP contribution in [0.2, 0.25) is 0 Å². The Kier molecular flexibility index (Phi) is 6.32. The summed E-state index contributed by atoms with van der Waals surface area (Å²) in [6.45, 7) is 9.06. The van der Waals surface area contributed by atoms with Crippen LogP contribution in [0, 0.1) is 5.92 Å². The first kappa shape index (κ1) is 20.6. The number of hydrogen-bond acceptors (Lipinski definition) is 3. The molecule has 1 N–H and O–H groups in total. The lowest BCUT2D eigenvalue weighted by Crippen LogP contribution is -2.36. The summed E-state index contributed by atoms with van der Waals surface area (Å²) in [7, 11) is 0. The zero-order valence-corrected chi connectivity index (χ0v) is 17.4. The molecule has 0 aliphatic heterocycles. The normalized spacial score (nSPS) is 11.2. The van der Waals surface area contributed by atoms with Crippen LogP contribution in [0.15, 0.2) is 54.7 Å². The van der Waals surface area contributed by atoms with Crippen molar-refractivity contribution in [1.29, 1.82) is 0 Å². The molecule has 3 aromatic rings. The van der Waals surface area contributed by atoms with Gasteiger partial charge in [0.25, 0.3) is 11.8 Å². The highest BCUT2D eigenvalue weighted by Gasteiger charge is 2.26. The van der Waals surface area contributed by atoms with Gasteiger partial charge in [-0.05, 0) is 37.5 Å². The molecule has 0 spiro atoms. The molecular weight excluding hydrogens is 364 g/mol. The summed E-state index contributed by atoms with van der Waals surface area (Å²) < 4.78 is 1.68. The van der Waals surface area contributed by atoms with Crippen molar-refractivity contribution in [3.63, 3.8) is 0 Å². The summed E-state index contributed by atoms with van der Waals surface area (Å²) in [6.07, 6.45) is 1.76. The Bertz CT molecular complexity index is 993. The van der Waals surface area contributed by atoms with E-state index in [1.807, 2.05) is 76.2 Å². The minimum atomic E-state index is -0.280. The van der Waals surface area contributed by atoms with E-state index in [0.29, 0.717) is 30.2 Å². The lowest BCUT2D eigenvalue weighted by atomic mass is 10.1. The van der Waals surface area contributed by atoms with Crippen molar-refractivity contribution in [1.82, 2.24) is 19.6 Å². The first-order chi connectivity index (χ1) is 13.9. The van der Waals surface area contributed by atoms with Crippen LogP contribution in [0.25, 0.3) is 5.52 Å². The van der Waals surface area contributed by atoms with Crippen molar-refractivity contribution in [2.75, 3.05) is 6.54 Å². The van der Waals surface area contributed by atoms with Gasteiger partial charge in [-0.3, -0.25) is 14.0 Å². The van der Waals surface area contributed by atoms with Gasteiger partial charge in [-0.25, -0.2) is 4.98 Å². The fourth-order valence-electron chi connectivity index (χ4n) is 3.14. The molecule has 6 heteroatoms. The number of nitrogens with zero attached hydrogens (tertiary/aromatic N) is 3. The Morgan fingerprint density at radius 1 is 1.03 bits per heavy atom. The molecule has 0 radical (unpaired) electrons. The van der Waals surface area contributed by atoms with Crippen LogP contribution in [0.3, 0.4) is 0 Å². The summed E-state index contributed by atoms with van der Waals surface area (Å²) in [6, 6.07) is 15.4. The summed E-state index contributed by atoms with van der Waals surface area (Å²) in [5.74, 6) is 0.0927. The van der Waals surface area contributed by atoms with E-state index >= 15 is 0 Å². The van der Waals surface area contributed by atoms with Crippen molar-refractivity contribution in [3.05, 3.63) is 71.8 Å². The molecule has 0 bridgehead atoms. The van der Waals surface area contributed by atoms with E-state index in [1.54, 1.807) is 15.5 Å². The number of carbonyl (C=O) groups is 2. The SMILES string of the molecule is CC(C)CNC(=O)c1nc(C(=O)N(Cc2ccccc2)C(C)C)c2ccccn12. The van der Waals surface area contributed by atoms with E-state index in [4.69, 9.17) is 0 Å². The minimum Gasteiger partial charge on any atom is -0.349 e. The molecule has 2 amide bonds. The van der Waals surface area contributed by atoms with E-state index in [0.717, 1.165) is 5.56 Å². The van der Waals surface area contributed by atoms with Gasteiger partial charge in [0, 0.05) is 25.3 Å². The number of imidazole rings is 1. The Morgan fingerprint density at radius 2 is 1.72 bits per heavy atom. The fraction of sp³-hybridized carbons (Fsp3) is 0.348. The molecule has 0 atom stereocenters. The molecule has 29 heavy (non-hydrogen) atoms. The number of nitrogens with one attached hydrogen (secondary N) is 1. The molecule has 0 saturated heterocycles. The van der Waals surface area contributed by atoms with Gasteiger partial charge in [-0.15, -0.1) is 0 Å². The van der Waals surface area contributed by atoms with Gasteiger partial charge in [0.2, 0.25) is 5.82 Å². The molecule has 3 rings (SSSR count). The van der Waals surface area contributed by atoms with E-state index in [2.05, 4.69) is 10.3 Å². The van der Waals surface area contributed by atoms with Gasteiger partial charge in [0.15, 0.2) is 5.69 Å². The van der Waals surface area contributed by atoms with Crippen molar-refractivity contribution in [2.45, 2.75) is 40.3 Å². The number of benzene rings is 1. The third-order valence-electron chi connectivity index (χ3n) is 4.70. The zero-order valence-electron chi connectivity index (χ0n) is 17.4. The molecule has 0 unspecified atom stereocenters. The van der Waals surface area contributed by atoms with Gasteiger partial charge in [-0.2, -0.15) is 0 Å². The Labute approximate surface area is 171 Å². The van der Waals surface area contributed by atoms with Crippen LogP contribution in [0.5, 0.6) is 0 Å². The first-order valence-corrected chi connectivity index (χ1v) is 9.98. The Morgan fingerprint density at radius 3 is 2.38 bits per heavy atom. The number of hydrogen-bond donors (Lipinski definition) is 1. The van der Waals surface area contributed by atoms with Gasteiger partial charge in [0.05, 0.1) is 5.52 Å². The summed E-state index contributed by atoms with van der Waals surface area (Å²) >= 11 is 0. The van der Waals surface area contributed by atoms with Gasteiger partial charge < -0.3 is 10.2 Å². The smallest absolute Gasteiger partial charge is 0.287 e. The lowest BCUT2D eigenvalue weighted by Gasteiger charge is -2.26. The van der Waals surface area contributed by atoms with E-state index in [1.165, 1.54) is 0 Å². The molecule has 2 heterocycles. The second kappa shape index (κ2) is 8.90. The highest BCUT2D eigenvalue weighted by Crippen LogP contribution is 2.19. The van der Waals surface area contributed by atoms with Gasteiger partial charge in [0.1, 0.15) is 0 Å². The quantitative estimate of drug-likeness (QED) is 0.666. The number of fused-ring (bicyclic) bond motifs is 1. The summed E-state index contributed by atoms with van der Waals surface area (Å²) in [4.78, 5) is 32.3. The third kappa shape index (κ3) is 4.65. The summed E-state index contributed by atoms with van der Waals surface area (Å²) in [5.41, 5.74) is 1.98. The maximum Gasteiger partial charge on any atom is 0.287 e. The van der Waals surface area contributed by atoms with Gasteiger partial charge in [-0.1, -0.05) is 50.2 Å². The number of aromatic nitrogens is 2. The largest absolute Gasteiger partial charge is 0.349 e. The van der Waals surface area contributed by atoms with Crippen LogP contribution in [-0.4, -0.2) is 38.7 Å². The second-order valence-corrected chi connectivity index (χ2v) is 7.86. The zero-order chi connectivity index (χ0) is 21.0. The average Bonchev–Trinajstić information content (AvgIpc) is 3.10. The minimum absolute atomic E-state index is 0.0126. The van der Waals surface area contributed by atoms with Crippen LogP contribution in [0.1, 0.15) is 54.4 Å². The van der Waals surface area contributed by atoms with E-state index < -0.39 is 0 Å². The second-order valence-electron chi connectivity index (χ2n) is 7.86. The Hall–Kier alpha value is -3.15. The molecule has 0 fully saturated rings. The highest BCUT2D eigenvalue weighted by atomic mass is 16.2. The molecule has 152 valence electrons. The first-order valence-electron chi connectivity index (χ1n) is 9.98. The topological polar surface area (TPSA) is 66.7 Å². The van der Waals surface area contributed by atoms with Crippen LogP contribution >= 0.6 is 0 Å². The van der Waals surface area contributed by atoms with Gasteiger partial charge >= 0.3 is 0 Å². The fourth-order valence-corrected chi connectivity index (χ4v) is 3.14. The molecule has 0 saturated carbocycles. The Balaban J connectivity index is 1.97.